The van der Waals surface area contributed by atoms with Crippen molar-refractivity contribution in [1.29, 1.82) is 0 Å². The Labute approximate surface area is 178 Å². The molecule has 0 spiro atoms. The van der Waals surface area contributed by atoms with Gasteiger partial charge in [0.05, 0.1) is 16.2 Å². The lowest BCUT2D eigenvalue weighted by Crippen LogP contribution is -2.41. The molecular formula is C23H20ClFN4O. The lowest BCUT2D eigenvalue weighted by atomic mass is 9.88. The van der Waals surface area contributed by atoms with Crippen LogP contribution in [0.25, 0.3) is 10.9 Å². The topological polar surface area (TPSA) is 58.1 Å². The molecule has 1 saturated heterocycles. The molecule has 1 saturated carbocycles. The highest BCUT2D eigenvalue weighted by molar-refractivity contribution is 6.31. The molecule has 3 aromatic rings. The average Bonchev–Trinajstić information content (AvgIpc) is 3.51. The molecule has 2 aliphatic rings. The van der Waals surface area contributed by atoms with Crippen LogP contribution in [-0.4, -0.2) is 33.9 Å². The second-order valence-corrected chi connectivity index (χ2v) is 8.40. The van der Waals surface area contributed by atoms with Crippen molar-refractivity contribution < 1.29 is 9.18 Å². The summed E-state index contributed by atoms with van der Waals surface area (Å²) in [5.41, 5.74) is 2.14. The Morgan fingerprint density at radius 3 is 3.03 bits per heavy atom. The number of halogens is 2. The Morgan fingerprint density at radius 1 is 1.33 bits per heavy atom. The van der Waals surface area contributed by atoms with E-state index in [0.29, 0.717) is 18.3 Å². The molecule has 1 aliphatic carbocycles. The molecule has 152 valence electrons. The summed E-state index contributed by atoms with van der Waals surface area (Å²) in [5.74, 6) is 0.540. The maximum absolute atomic E-state index is 14.4. The number of amides is 1. The van der Waals surface area contributed by atoms with Crippen LogP contribution in [0.15, 0.2) is 55.4 Å². The number of hydrogen-bond donors (Lipinski definition) is 1. The van der Waals surface area contributed by atoms with Gasteiger partial charge in [0, 0.05) is 23.9 Å². The van der Waals surface area contributed by atoms with Crippen LogP contribution in [0.3, 0.4) is 0 Å². The monoisotopic (exact) mass is 422 g/mol. The van der Waals surface area contributed by atoms with Crippen molar-refractivity contribution in [3.8, 4) is 0 Å². The number of piperidine rings is 1. The number of carbonyl (C=O) groups is 1. The van der Waals surface area contributed by atoms with Crippen LogP contribution < -0.4 is 5.32 Å². The Morgan fingerprint density at radius 2 is 2.20 bits per heavy atom. The summed E-state index contributed by atoms with van der Waals surface area (Å²) >= 11 is 5.91. The Bertz CT molecular complexity index is 1180. The van der Waals surface area contributed by atoms with E-state index in [4.69, 9.17) is 11.6 Å². The maximum atomic E-state index is 14.4. The van der Waals surface area contributed by atoms with Crippen LogP contribution in [0.2, 0.25) is 5.02 Å². The largest absolute Gasteiger partial charge is 0.338 e. The number of fused-ring (bicyclic) bond motifs is 2. The van der Waals surface area contributed by atoms with Gasteiger partial charge in [-0.05, 0) is 54.7 Å². The quantitative estimate of drug-likeness (QED) is 0.611. The van der Waals surface area contributed by atoms with Crippen molar-refractivity contribution in [2.75, 3.05) is 18.4 Å². The van der Waals surface area contributed by atoms with Crippen LogP contribution in [-0.2, 0) is 10.2 Å². The molecule has 1 N–H and O–H groups in total. The Hall–Kier alpha value is -2.99. The minimum Gasteiger partial charge on any atom is -0.338 e. The Balaban J connectivity index is 1.53. The summed E-state index contributed by atoms with van der Waals surface area (Å²) in [6.45, 7) is 5.08. The molecule has 1 amide bonds. The highest BCUT2D eigenvalue weighted by atomic mass is 35.5. The van der Waals surface area contributed by atoms with Gasteiger partial charge in [0.1, 0.15) is 12.1 Å². The van der Waals surface area contributed by atoms with E-state index in [1.54, 1.807) is 12.1 Å². The van der Waals surface area contributed by atoms with Gasteiger partial charge in [0.15, 0.2) is 5.82 Å². The van der Waals surface area contributed by atoms with E-state index in [2.05, 4.69) is 34.0 Å². The third-order valence-corrected chi connectivity index (χ3v) is 6.65. The zero-order valence-electron chi connectivity index (χ0n) is 16.2. The van der Waals surface area contributed by atoms with Crippen LogP contribution >= 0.6 is 11.6 Å². The molecule has 2 atom stereocenters. The van der Waals surface area contributed by atoms with Gasteiger partial charge in [0.2, 0.25) is 5.91 Å². The van der Waals surface area contributed by atoms with E-state index < -0.39 is 5.82 Å². The number of rotatable bonds is 4. The smallest absolute Gasteiger partial charge is 0.245 e. The number of nitrogens with zero attached hydrogens (tertiary/aromatic N) is 3. The number of nitrogens with one attached hydrogen (secondary N) is 1. The lowest BCUT2D eigenvalue weighted by Gasteiger charge is -2.32. The second-order valence-electron chi connectivity index (χ2n) is 7.99. The zero-order chi connectivity index (χ0) is 20.9. The molecule has 1 aromatic heterocycles. The minimum atomic E-state index is -0.520. The molecule has 0 bridgehead atoms. The molecule has 7 heteroatoms. The molecule has 5 nitrogen and oxygen atoms in total. The minimum absolute atomic E-state index is 0.0253. The third kappa shape index (κ3) is 3.03. The first-order valence-corrected chi connectivity index (χ1v) is 10.3. The zero-order valence-corrected chi connectivity index (χ0v) is 17.0. The van der Waals surface area contributed by atoms with Gasteiger partial charge >= 0.3 is 0 Å². The van der Waals surface area contributed by atoms with Gasteiger partial charge < -0.3 is 10.2 Å². The van der Waals surface area contributed by atoms with Crippen molar-refractivity contribution in [3.05, 3.63) is 71.8 Å². The van der Waals surface area contributed by atoms with Crippen molar-refractivity contribution >= 4 is 39.9 Å². The third-order valence-electron chi connectivity index (χ3n) is 6.35. The highest BCUT2D eigenvalue weighted by Gasteiger charge is 2.58. The predicted octanol–water partition coefficient (Wildman–Crippen LogP) is 4.84. The van der Waals surface area contributed by atoms with Gasteiger partial charge in [-0.25, -0.2) is 14.4 Å². The van der Waals surface area contributed by atoms with E-state index in [1.165, 1.54) is 18.5 Å². The van der Waals surface area contributed by atoms with Crippen molar-refractivity contribution in [1.82, 2.24) is 14.9 Å². The summed E-state index contributed by atoms with van der Waals surface area (Å²) in [6, 6.07) is 10.9. The van der Waals surface area contributed by atoms with E-state index in [0.717, 1.165) is 35.9 Å². The SMILES string of the molecule is C=CC(=O)N1CCC2C[C@]2(c2ccc3ncnc(Nc4cccc(Cl)c4F)c3c2)C1. The van der Waals surface area contributed by atoms with Crippen LogP contribution in [0, 0.1) is 11.7 Å². The summed E-state index contributed by atoms with van der Waals surface area (Å²) in [5, 5.41) is 3.92. The summed E-state index contributed by atoms with van der Waals surface area (Å²) in [7, 11) is 0. The summed E-state index contributed by atoms with van der Waals surface area (Å²) < 4.78 is 14.4. The van der Waals surface area contributed by atoms with Gasteiger partial charge in [-0.3, -0.25) is 4.79 Å². The van der Waals surface area contributed by atoms with E-state index in [1.807, 2.05) is 11.0 Å². The van der Waals surface area contributed by atoms with Crippen molar-refractivity contribution in [2.24, 2.45) is 5.92 Å². The van der Waals surface area contributed by atoms with Crippen LogP contribution in [0.5, 0.6) is 0 Å². The fourth-order valence-electron chi connectivity index (χ4n) is 4.64. The van der Waals surface area contributed by atoms with E-state index in [9.17, 15) is 9.18 Å². The molecule has 1 unspecified atom stereocenters. The first-order chi connectivity index (χ1) is 14.5. The number of anilines is 2. The standard InChI is InChI=1S/C23H20ClFN4O/c1-2-20(30)29-9-8-15-11-23(15,12-29)14-6-7-18-16(10-14)22(27-13-26-18)28-19-5-3-4-17(24)21(19)25/h2-7,10,13,15H,1,8-9,11-12H2,(H,26,27,28)/t15?,23-/m1/s1. The molecule has 30 heavy (non-hydrogen) atoms. The molecule has 0 radical (unpaired) electrons. The fraction of sp³-hybridized carbons (Fsp3) is 0.261. The number of likely N-dealkylation sites (tertiary alicyclic amines) is 1. The Kier molecular flexibility index (Phi) is 4.47. The van der Waals surface area contributed by atoms with Crippen LogP contribution in [0.4, 0.5) is 15.9 Å². The van der Waals surface area contributed by atoms with Crippen molar-refractivity contribution in [2.45, 2.75) is 18.3 Å². The first kappa shape index (κ1) is 19.0. The van der Waals surface area contributed by atoms with Gasteiger partial charge in [-0.2, -0.15) is 0 Å². The van der Waals surface area contributed by atoms with E-state index in [-0.39, 0.29) is 22.0 Å². The summed E-state index contributed by atoms with van der Waals surface area (Å²) in [6.07, 6.45) is 4.88. The highest BCUT2D eigenvalue weighted by Crippen LogP contribution is 2.59. The van der Waals surface area contributed by atoms with Gasteiger partial charge in [-0.1, -0.05) is 30.3 Å². The van der Waals surface area contributed by atoms with Crippen LogP contribution in [0.1, 0.15) is 18.4 Å². The first-order valence-electron chi connectivity index (χ1n) is 9.89. The molecule has 5 rings (SSSR count). The molecule has 2 heterocycles. The number of benzene rings is 2. The molecule has 1 aliphatic heterocycles. The predicted molar refractivity (Wildman–Crippen MR) is 115 cm³/mol. The summed E-state index contributed by atoms with van der Waals surface area (Å²) in [4.78, 5) is 22.7. The normalized spacial score (nSPS) is 22.5. The maximum Gasteiger partial charge on any atom is 0.245 e. The number of hydrogen-bond acceptors (Lipinski definition) is 4. The lowest BCUT2D eigenvalue weighted by molar-refractivity contribution is -0.127. The van der Waals surface area contributed by atoms with E-state index >= 15 is 0 Å². The number of aromatic nitrogens is 2. The molecule has 2 aromatic carbocycles. The molecule has 2 fully saturated rings. The van der Waals surface area contributed by atoms with Gasteiger partial charge in [0.25, 0.3) is 0 Å². The fourth-order valence-corrected chi connectivity index (χ4v) is 4.81. The molecular weight excluding hydrogens is 403 g/mol. The number of carbonyl (C=O) groups excluding carboxylic acids is 1. The van der Waals surface area contributed by atoms with Gasteiger partial charge in [-0.15, -0.1) is 0 Å². The van der Waals surface area contributed by atoms with Crippen molar-refractivity contribution in [3.63, 3.8) is 0 Å². The second kappa shape index (κ2) is 7.06. The average molecular weight is 423 g/mol.